The van der Waals surface area contributed by atoms with Crippen LogP contribution in [0.15, 0.2) is 30.3 Å². The molecule has 0 spiro atoms. The molecule has 3 nitrogen and oxygen atoms in total. The Kier molecular flexibility index (Phi) is 4.43. The fourth-order valence-corrected chi connectivity index (χ4v) is 2.25. The second-order valence-electron chi connectivity index (χ2n) is 4.17. The van der Waals surface area contributed by atoms with Crippen molar-refractivity contribution in [2.24, 2.45) is 0 Å². The van der Waals surface area contributed by atoms with Gasteiger partial charge in [0.1, 0.15) is 5.75 Å². The van der Waals surface area contributed by atoms with Gasteiger partial charge in [0.05, 0.1) is 20.8 Å². The van der Waals surface area contributed by atoms with E-state index < -0.39 is 5.91 Å². The number of hydrogen-bond acceptors (Lipinski definition) is 2. The Morgan fingerprint density at radius 1 is 1.10 bits per heavy atom. The van der Waals surface area contributed by atoms with Crippen molar-refractivity contribution in [3.8, 4) is 5.75 Å². The molecular formula is C14H10Cl3NO2. The van der Waals surface area contributed by atoms with Crippen LogP contribution in [0.2, 0.25) is 15.1 Å². The minimum atomic E-state index is -0.415. The molecule has 0 fully saturated rings. The summed E-state index contributed by atoms with van der Waals surface area (Å²) >= 11 is 17.9. The third-order valence-electron chi connectivity index (χ3n) is 2.73. The first-order chi connectivity index (χ1) is 9.40. The van der Waals surface area contributed by atoms with Crippen molar-refractivity contribution in [3.05, 3.63) is 56.5 Å². The molecule has 2 aromatic rings. The van der Waals surface area contributed by atoms with Gasteiger partial charge in [0.2, 0.25) is 0 Å². The highest BCUT2D eigenvalue weighted by Crippen LogP contribution is 2.33. The quantitative estimate of drug-likeness (QED) is 0.821. The zero-order valence-electron chi connectivity index (χ0n) is 10.4. The summed E-state index contributed by atoms with van der Waals surface area (Å²) < 4.78 is 0. The van der Waals surface area contributed by atoms with Gasteiger partial charge in [-0.15, -0.1) is 0 Å². The summed E-state index contributed by atoms with van der Waals surface area (Å²) in [6.07, 6.45) is 0. The Bertz CT molecular complexity index is 686. The summed E-state index contributed by atoms with van der Waals surface area (Å²) in [4.78, 5) is 12.1. The van der Waals surface area contributed by atoms with Crippen molar-refractivity contribution in [1.29, 1.82) is 0 Å². The number of halogens is 3. The number of anilines is 1. The molecule has 0 saturated heterocycles. The Labute approximate surface area is 131 Å². The van der Waals surface area contributed by atoms with Crippen LogP contribution in [0.5, 0.6) is 5.75 Å². The summed E-state index contributed by atoms with van der Waals surface area (Å²) in [5.41, 5.74) is 1.44. The highest BCUT2D eigenvalue weighted by Gasteiger charge is 2.14. The maximum absolute atomic E-state index is 12.1. The number of aryl methyl sites for hydroxylation is 1. The number of aromatic hydroxyl groups is 1. The molecule has 0 aliphatic heterocycles. The SMILES string of the molecule is Cc1ccc(Cl)c(NC(=O)c2ccc(O)c(Cl)c2)c1Cl. The van der Waals surface area contributed by atoms with E-state index in [4.69, 9.17) is 34.8 Å². The maximum Gasteiger partial charge on any atom is 0.255 e. The summed E-state index contributed by atoms with van der Waals surface area (Å²) in [7, 11) is 0. The molecule has 0 aliphatic rings. The summed E-state index contributed by atoms with van der Waals surface area (Å²) in [6.45, 7) is 1.81. The van der Waals surface area contributed by atoms with E-state index in [1.807, 2.05) is 6.92 Å². The number of benzene rings is 2. The lowest BCUT2D eigenvalue weighted by molar-refractivity contribution is 0.102. The molecule has 0 heterocycles. The first kappa shape index (κ1) is 15.0. The Morgan fingerprint density at radius 3 is 2.45 bits per heavy atom. The van der Waals surface area contributed by atoms with Crippen LogP contribution in [0.3, 0.4) is 0 Å². The zero-order valence-corrected chi connectivity index (χ0v) is 12.6. The summed E-state index contributed by atoms with van der Waals surface area (Å²) in [5.74, 6) is -0.504. The fraction of sp³-hybridized carbons (Fsp3) is 0.0714. The molecule has 20 heavy (non-hydrogen) atoms. The lowest BCUT2D eigenvalue weighted by atomic mass is 10.1. The first-order valence-electron chi connectivity index (χ1n) is 5.64. The van der Waals surface area contributed by atoms with Gasteiger partial charge in [-0.05, 0) is 36.8 Å². The first-order valence-corrected chi connectivity index (χ1v) is 6.78. The van der Waals surface area contributed by atoms with Crippen LogP contribution in [0.25, 0.3) is 0 Å². The second kappa shape index (κ2) is 5.92. The van der Waals surface area contributed by atoms with E-state index in [1.165, 1.54) is 18.2 Å². The molecule has 2 N–H and O–H groups in total. The minimum Gasteiger partial charge on any atom is -0.506 e. The van der Waals surface area contributed by atoms with Crippen LogP contribution in [0, 0.1) is 6.92 Å². The van der Waals surface area contributed by atoms with Crippen LogP contribution < -0.4 is 5.32 Å². The van der Waals surface area contributed by atoms with Crippen LogP contribution in [-0.2, 0) is 0 Å². The normalized spacial score (nSPS) is 10.4. The van der Waals surface area contributed by atoms with E-state index in [2.05, 4.69) is 5.32 Å². The minimum absolute atomic E-state index is 0.0881. The number of phenolic OH excluding ortho intramolecular Hbond substituents is 1. The van der Waals surface area contributed by atoms with E-state index >= 15 is 0 Å². The zero-order chi connectivity index (χ0) is 14.9. The van der Waals surface area contributed by atoms with Gasteiger partial charge in [-0.1, -0.05) is 40.9 Å². The van der Waals surface area contributed by atoms with Gasteiger partial charge in [-0.25, -0.2) is 0 Å². The fourth-order valence-electron chi connectivity index (χ4n) is 1.61. The van der Waals surface area contributed by atoms with Crippen LogP contribution in [0.4, 0.5) is 5.69 Å². The standard InChI is InChI=1S/C14H10Cl3NO2/c1-7-2-4-9(15)13(12(7)17)18-14(20)8-3-5-11(19)10(16)6-8/h2-6,19H,1H3,(H,18,20). The molecule has 0 radical (unpaired) electrons. The molecule has 0 saturated carbocycles. The van der Waals surface area contributed by atoms with Gasteiger partial charge < -0.3 is 10.4 Å². The topological polar surface area (TPSA) is 49.3 Å². The number of rotatable bonds is 2. The van der Waals surface area contributed by atoms with E-state index in [0.717, 1.165) is 5.56 Å². The van der Waals surface area contributed by atoms with Gasteiger partial charge in [0, 0.05) is 5.56 Å². The van der Waals surface area contributed by atoms with Crippen LogP contribution in [-0.4, -0.2) is 11.0 Å². The van der Waals surface area contributed by atoms with Gasteiger partial charge in [0.15, 0.2) is 0 Å². The van der Waals surface area contributed by atoms with Crippen molar-refractivity contribution in [3.63, 3.8) is 0 Å². The average Bonchev–Trinajstić information content (AvgIpc) is 2.42. The van der Waals surface area contributed by atoms with Crippen molar-refractivity contribution in [2.45, 2.75) is 6.92 Å². The summed E-state index contributed by atoms with van der Waals surface area (Å²) in [6, 6.07) is 7.58. The number of carbonyl (C=O) groups excluding carboxylic acids is 1. The highest BCUT2D eigenvalue weighted by molar-refractivity contribution is 6.40. The van der Waals surface area contributed by atoms with E-state index in [9.17, 15) is 9.90 Å². The highest BCUT2D eigenvalue weighted by atomic mass is 35.5. The number of phenols is 1. The second-order valence-corrected chi connectivity index (χ2v) is 5.37. The lowest BCUT2D eigenvalue weighted by Gasteiger charge is -2.11. The molecule has 6 heteroatoms. The van der Waals surface area contributed by atoms with E-state index in [0.29, 0.717) is 21.3 Å². The maximum atomic E-state index is 12.1. The molecule has 1 amide bonds. The third kappa shape index (κ3) is 3.01. The number of hydrogen-bond donors (Lipinski definition) is 2. The van der Waals surface area contributed by atoms with Crippen molar-refractivity contribution in [2.75, 3.05) is 5.32 Å². The van der Waals surface area contributed by atoms with Crippen molar-refractivity contribution >= 4 is 46.4 Å². The Hall–Kier alpha value is -1.42. The molecule has 0 aromatic heterocycles. The molecule has 0 unspecified atom stereocenters. The van der Waals surface area contributed by atoms with Gasteiger partial charge in [-0.3, -0.25) is 4.79 Å². The van der Waals surface area contributed by atoms with Crippen molar-refractivity contribution < 1.29 is 9.90 Å². The number of carbonyl (C=O) groups is 1. The number of amides is 1. The molecule has 0 atom stereocenters. The molecule has 0 aliphatic carbocycles. The van der Waals surface area contributed by atoms with E-state index in [-0.39, 0.29) is 10.8 Å². The molecule has 0 bridgehead atoms. The predicted octanol–water partition coefficient (Wildman–Crippen LogP) is 4.91. The van der Waals surface area contributed by atoms with Gasteiger partial charge in [0.25, 0.3) is 5.91 Å². The van der Waals surface area contributed by atoms with Crippen LogP contribution >= 0.6 is 34.8 Å². The Morgan fingerprint density at radius 2 is 1.80 bits per heavy atom. The predicted molar refractivity (Wildman–Crippen MR) is 82.3 cm³/mol. The Balaban J connectivity index is 2.32. The number of nitrogens with one attached hydrogen (secondary N) is 1. The smallest absolute Gasteiger partial charge is 0.255 e. The molecular weight excluding hydrogens is 321 g/mol. The monoisotopic (exact) mass is 329 g/mol. The molecule has 2 aromatic carbocycles. The van der Waals surface area contributed by atoms with E-state index in [1.54, 1.807) is 12.1 Å². The van der Waals surface area contributed by atoms with Gasteiger partial charge >= 0.3 is 0 Å². The third-order valence-corrected chi connectivity index (χ3v) is 3.84. The van der Waals surface area contributed by atoms with Crippen molar-refractivity contribution in [1.82, 2.24) is 0 Å². The average molecular weight is 331 g/mol. The molecule has 104 valence electrons. The molecule has 2 rings (SSSR count). The van der Waals surface area contributed by atoms with Crippen LogP contribution in [0.1, 0.15) is 15.9 Å². The lowest BCUT2D eigenvalue weighted by Crippen LogP contribution is -2.12. The van der Waals surface area contributed by atoms with Gasteiger partial charge in [-0.2, -0.15) is 0 Å². The largest absolute Gasteiger partial charge is 0.506 e. The summed E-state index contributed by atoms with van der Waals surface area (Å²) in [5, 5.41) is 12.8.